The van der Waals surface area contributed by atoms with Gasteiger partial charge in [0.1, 0.15) is 0 Å². The zero-order chi connectivity index (χ0) is 16.8. The SMILES string of the molecule is CC.CC1CCCO1.COC(=O)CC(C)C(C)CC(=O)O. The lowest BCUT2D eigenvalue weighted by Gasteiger charge is -2.16. The zero-order valence-corrected chi connectivity index (χ0v) is 14.3. The second kappa shape index (κ2) is 13.9. The summed E-state index contributed by atoms with van der Waals surface area (Å²) in [5.41, 5.74) is 0. The van der Waals surface area contributed by atoms with Gasteiger partial charge in [0.25, 0.3) is 0 Å². The fourth-order valence-corrected chi connectivity index (χ4v) is 1.76. The van der Waals surface area contributed by atoms with Crippen LogP contribution in [0, 0.1) is 11.8 Å². The van der Waals surface area contributed by atoms with Crippen LogP contribution in [-0.4, -0.2) is 36.9 Å². The van der Waals surface area contributed by atoms with Crippen molar-refractivity contribution in [3.05, 3.63) is 0 Å². The molecule has 0 aliphatic carbocycles. The van der Waals surface area contributed by atoms with Gasteiger partial charge in [-0.1, -0.05) is 27.7 Å². The molecular weight excluding hydrogens is 272 g/mol. The highest BCUT2D eigenvalue weighted by Crippen LogP contribution is 2.18. The summed E-state index contributed by atoms with van der Waals surface area (Å²) in [6, 6.07) is 0. The molecule has 0 saturated carbocycles. The van der Waals surface area contributed by atoms with Gasteiger partial charge in [-0.15, -0.1) is 0 Å². The van der Waals surface area contributed by atoms with E-state index in [0.29, 0.717) is 6.10 Å². The summed E-state index contributed by atoms with van der Waals surface area (Å²) in [5.74, 6) is -1.07. The molecule has 0 aromatic carbocycles. The third-order valence-electron chi connectivity index (χ3n) is 3.34. The van der Waals surface area contributed by atoms with Crippen molar-refractivity contribution >= 4 is 11.9 Å². The number of carbonyl (C=O) groups is 2. The highest BCUT2D eigenvalue weighted by atomic mass is 16.5. The molecule has 1 aliphatic rings. The number of aliphatic carboxylic acids is 1. The second-order valence-electron chi connectivity index (χ2n) is 5.16. The van der Waals surface area contributed by atoms with Crippen LogP contribution in [-0.2, 0) is 19.1 Å². The predicted molar refractivity (Wildman–Crippen MR) is 83.2 cm³/mol. The number of ether oxygens (including phenoxy) is 2. The summed E-state index contributed by atoms with van der Waals surface area (Å²) in [6.45, 7) is 10.8. The second-order valence-corrected chi connectivity index (χ2v) is 5.16. The maximum atomic E-state index is 10.8. The van der Waals surface area contributed by atoms with Gasteiger partial charge >= 0.3 is 11.9 Å². The number of methoxy groups -OCH3 is 1. The molecule has 3 unspecified atom stereocenters. The number of carboxylic acid groups (broad SMARTS) is 1. The third-order valence-corrected chi connectivity index (χ3v) is 3.34. The van der Waals surface area contributed by atoms with Crippen LogP contribution >= 0.6 is 0 Å². The molecule has 0 aromatic heterocycles. The van der Waals surface area contributed by atoms with E-state index in [0.717, 1.165) is 6.61 Å². The van der Waals surface area contributed by atoms with E-state index in [1.807, 2.05) is 27.7 Å². The number of rotatable bonds is 5. The fourth-order valence-electron chi connectivity index (χ4n) is 1.76. The van der Waals surface area contributed by atoms with Gasteiger partial charge in [0, 0.05) is 19.4 Å². The van der Waals surface area contributed by atoms with E-state index in [2.05, 4.69) is 11.7 Å². The normalized spacial score (nSPS) is 19.2. The molecule has 0 spiro atoms. The summed E-state index contributed by atoms with van der Waals surface area (Å²) in [7, 11) is 1.33. The lowest BCUT2D eigenvalue weighted by molar-refractivity contribution is -0.143. The molecule has 0 aromatic rings. The Morgan fingerprint density at radius 1 is 1.24 bits per heavy atom. The number of hydrogen-bond donors (Lipinski definition) is 1. The Morgan fingerprint density at radius 3 is 2.05 bits per heavy atom. The van der Waals surface area contributed by atoms with Crippen LogP contribution in [0.25, 0.3) is 0 Å². The maximum absolute atomic E-state index is 10.8. The van der Waals surface area contributed by atoms with E-state index in [9.17, 15) is 9.59 Å². The van der Waals surface area contributed by atoms with Gasteiger partial charge < -0.3 is 14.6 Å². The zero-order valence-electron chi connectivity index (χ0n) is 14.3. The van der Waals surface area contributed by atoms with Crippen molar-refractivity contribution < 1.29 is 24.2 Å². The molecule has 21 heavy (non-hydrogen) atoms. The number of carbonyl (C=O) groups excluding carboxylic acids is 1. The molecule has 5 nitrogen and oxygen atoms in total. The first kappa shape index (κ1) is 22.2. The van der Waals surface area contributed by atoms with Crippen molar-refractivity contribution in [1.82, 2.24) is 0 Å². The first-order valence-corrected chi connectivity index (χ1v) is 7.77. The predicted octanol–water partition coefficient (Wildman–Crippen LogP) is 3.51. The van der Waals surface area contributed by atoms with Gasteiger partial charge in [0.15, 0.2) is 0 Å². The molecule has 5 heteroatoms. The van der Waals surface area contributed by atoms with E-state index in [1.54, 1.807) is 0 Å². The van der Waals surface area contributed by atoms with Gasteiger partial charge in [0.05, 0.1) is 13.2 Å². The molecule has 1 heterocycles. The molecule has 0 amide bonds. The first-order valence-electron chi connectivity index (χ1n) is 7.77. The van der Waals surface area contributed by atoms with Gasteiger partial charge in [-0.05, 0) is 31.6 Å². The third kappa shape index (κ3) is 13.6. The van der Waals surface area contributed by atoms with Crippen molar-refractivity contribution in [2.24, 2.45) is 11.8 Å². The monoisotopic (exact) mass is 304 g/mol. The molecular formula is C16H32O5. The van der Waals surface area contributed by atoms with Gasteiger partial charge in [-0.3, -0.25) is 9.59 Å². The molecule has 1 rings (SSSR count). The Kier molecular flexibility index (Phi) is 14.6. The van der Waals surface area contributed by atoms with Crippen LogP contribution in [0.2, 0.25) is 0 Å². The van der Waals surface area contributed by atoms with Crippen molar-refractivity contribution in [2.75, 3.05) is 13.7 Å². The minimum absolute atomic E-state index is 0.00315. The van der Waals surface area contributed by atoms with Crippen molar-refractivity contribution in [2.45, 2.75) is 66.4 Å². The van der Waals surface area contributed by atoms with E-state index in [-0.39, 0.29) is 30.6 Å². The van der Waals surface area contributed by atoms with Crippen molar-refractivity contribution in [3.8, 4) is 0 Å². The lowest BCUT2D eigenvalue weighted by atomic mass is 9.90. The minimum atomic E-state index is -0.829. The fraction of sp³-hybridized carbons (Fsp3) is 0.875. The van der Waals surface area contributed by atoms with Gasteiger partial charge in [-0.25, -0.2) is 0 Å². The van der Waals surface area contributed by atoms with Gasteiger partial charge in [0.2, 0.25) is 0 Å². The van der Waals surface area contributed by atoms with E-state index in [4.69, 9.17) is 9.84 Å². The maximum Gasteiger partial charge on any atom is 0.305 e. The van der Waals surface area contributed by atoms with E-state index < -0.39 is 5.97 Å². The van der Waals surface area contributed by atoms with E-state index >= 15 is 0 Å². The molecule has 1 saturated heterocycles. The Hall–Kier alpha value is -1.10. The largest absolute Gasteiger partial charge is 0.481 e. The van der Waals surface area contributed by atoms with Crippen LogP contribution in [0.4, 0.5) is 0 Å². The topological polar surface area (TPSA) is 72.8 Å². The molecule has 1 N–H and O–H groups in total. The van der Waals surface area contributed by atoms with Crippen LogP contribution in [0.3, 0.4) is 0 Å². The first-order chi connectivity index (χ1) is 9.86. The molecule has 126 valence electrons. The molecule has 3 atom stereocenters. The average molecular weight is 304 g/mol. The highest BCUT2D eigenvalue weighted by molar-refractivity contribution is 5.70. The quantitative estimate of drug-likeness (QED) is 0.787. The smallest absolute Gasteiger partial charge is 0.305 e. The van der Waals surface area contributed by atoms with Crippen molar-refractivity contribution in [1.29, 1.82) is 0 Å². The Labute approximate surface area is 129 Å². The summed E-state index contributed by atoms with van der Waals surface area (Å²) in [5, 5.41) is 8.51. The Morgan fingerprint density at radius 2 is 1.76 bits per heavy atom. The van der Waals surface area contributed by atoms with Crippen LogP contribution in [0.5, 0.6) is 0 Å². The van der Waals surface area contributed by atoms with Gasteiger partial charge in [-0.2, -0.15) is 0 Å². The van der Waals surface area contributed by atoms with Crippen molar-refractivity contribution in [3.63, 3.8) is 0 Å². The van der Waals surface area contributed by atoms with Crippen LogP contribution in [0.1, 0.15) is 60.3 Å². The Balaban J connectivity index is 0. The average Bonchev–Trinajstić information content (AvgIpc) is 2.91. The number of hydrogen-bond acceptors (Lipinski definition) is 4. The molecule has 1 aliphatic heterocycles. The molecule has 1 fully saturated rings. The van der Waals surface area contributed by atoms with Crippen LogP contribution in [0.15, 0.2) is 0 Å². The Bertz CT molecular complexity index is 272. The standard InChI is InChI=1S/C9H16O4.C5H10O.C2H6/c1-6(4-8(10)11)7(2)5-9(12)13-3;1-5-3-2-4-6-5;1-2/h6-7H,4-5H2,1-3H3,(H,10,11);5H,2-4H2,1H3;1-2H3. The summed E-state index contributed by atoms with van der Waals surface area (Å²) >= 11 is 0. The number of carboxylic acids is 1. The lowest BCUT2D eigenvalue weighted by Crippen LogP contribution is -2.17. The molecule has 0 radical (unpaired) electrons. The summed E-state index contributed by atoms with van der Waals surface area (Å²) in [6.07, 6.45) is 3.45. The van der Waals surface area contributed by atoms with E-state index in [1.165, 1.54) is 20.0 Å². The summed E-state index contributed by atoms with van der Waals surface area (Å²) < 4.78 is 9.64. The number of esters is 1. The highest BCUT2D eigenvalue weighted by Gasteiger charge is 2.18. The summed E-state index contributed by atoms with van der Waals surface area (Å²) in [4.78, 5) is 21.2. The van der Waals surface area contributed by atoms with Crippen LogP contribution < -0.4 is 0 Å². The minimum Gasteiger partial charge on any atom is -0.481 e. The molecule has 0 bridgehead atoms.